The number of fused-ring (bicyclic) bond motifs is 2. The molecule has 1 heterocycles. The third kappa shape index (κ3) is 4.50. The van der Waals surface area contributed by atoms with Gasteiger partial charge in [0.25, 0.3) is 5.91 Å². The van der Waals surface area contributed by atoms with Crippen molar-refractivity contribution < 1.29 is 18.7 Å². The van der Waals surface area contributed by atoms with E-state index in [2.05, 4.69) is 5.32 Å². The molecule has 1 unspecified atom stereocenters. The summed E-state index contributed by atoms with van der Waals surface area (Å²) in [5.41, 5.74) is 2.06. The van der Waals surface area contributed by atoms with Gasteiger partial charge < -0.3 is 14.5 Å². The molecule has 0 saturated heterocycles. The van der Waals surface area contributed by atoms with Crippen molar-refractivity contribution >= 4 is 33.7 Å². The van der Waals surface area contributed by atoms with Crippen LogP contribution in [0.3, 0.4) is 0 Å². The number of para-hydroxylation sites is 2. The smallest absolute Gasteiger partial charge is 0.419 e. The second kappa shape index (κ2) is 8.87. The van der Waals surface area contributed by atoms with E-state index in [1.165, 1.54) is 4.57 Å². The molecule has 0 aliphatic rings. The van der Waals surface area contributed by atoms with Crippen LogP contribution in [0.4, 0.5) is 0 Å². The maximum Gasteiger partial charge on any atom is 0.419 e. The van der Waals surface area contributed by atoms with Crippen molar-refractivity contribution in [2.24, 2.45) is 0 Å². The van der Waals surface area contributed by atoms with Crippen molar-refractivity contribution in [2.45, 2.75) is 25.9 Å². The van der Waals surface area contributed by atoms with Crippen LogP contribution in [-0.2, 0) is 20.9 Å². The number of nitrogens with zero attached hydrogens (tertiary/aromatic N) is 1. The Kier molecular flexibility index (Phi) is 5.84. The zero-order chi connectivity index (χ0) is 21.8. The molecule has 0 bridgehead atoms. The number of aryl methyl sites for hydroxylation is 1. The second-order valence-electron chi connectivity index (χ2n) is 7.26. The lowest BCUT2D eigenvalue weighted by molar-refractivity contribution is -0.148. The Balaban J connectivity index is 1.30. The van der Waals surface area contributed by atoms with E-state index in [0.717, 1.165) is 16.3 Å². The van der Waals surface area contributed by atoms with Gasteiger partial charge in [0.2, 0.25) is 0 Å². The quantitative estimate of drug-likeness (QED) is 0.464. The van der Waals surface area contributed by atoms with E-state index in [9.17, 15) is 14.4 Å². The number of aromatic nitrogens is 1. The minimum Gasteiger partial charge on any atom is -0.456 e. The molecule has 158 valence electrons. The van der Waals surface area contributed by atoms with Gasteiger partial charge in [-0.2, -0.15) is 0 Å². The van der Waals surface area contributed by atoms with Gasteiger partial charge in [0.05, 0.1) is 18.0 Å². The van der Waals surface area contributed by atoms with Crippen molar-refractivity contribution in [1.29, 1.82) is 0 Å². The van der Waals surface area contributed by atoms with Gasteiger partial charge in [-0.15, -0.1) is 0 Å². The molecule has 3 aromatic carbocycles. The maximum atomic E-state index is 12.3. The second-order valence-corrected chi connectivity index (χ2v) is 7.26. The molecule has 7 heteroatoms. The Hall–Kier alpha value is -3.87. The highest BCUT2D eigenvalue weighted by Crippen LogP contribution is 2.23. The number of hydrogen-bond donors (Lipinski definition) is 1. The first-order chi connectivity index (χ1) is 15.0. The van der Waals surface area contributed by atoms with E-state index in [1.807, 2.05) is 49.4 Å². The molecule has 0 aliphatic carbocycles. The SMILES string of the molecule is CC(NC(=O)COC(=O)CCn1c(=O)oc2ccccc21)c1cccc2ccccc12. The van der Waals surface area contributed by atoms with E-state index in [0.29, 0.717) is 11.1 Å². The molecule has 0 fully saturated rings. The summed E-state index contributed by atoms with van der Waals surface area (Å²) < 4.78 is 11.6. The van der Waals surface area contributed by atoms with E-state index < -0.39 is 11.7 Å². The van der Waals surface area contributed by atoms with Gasteiger partial charge in [-0.25, -0.2) is 4.79 Å². The zero-order valence-corrected chi connectivity index (χ0v) is 17.0. The minimum absolute atomic E-state index is 0.0460. The molecular formula is C24H22N2O5. The third-order valence-corrected chi connectivity index (χ3v) is 5.14. The average molecular weight is 418 g/mol. The van der Waals surface area contributed by atoms with Crippen LogP contribution in [0.15, 0.2) is 75.9 Å². The first-order valence-corrected chi connectivity index (χ1v) is 10.0. The Labute approximate surface area is 178 Å². The molecule has 1 atom stereocenters. The number of carbonyl (C=O) groups excluding carboxylic acids is 2. The van der Waals surface area contributed by atoms with Crippen LogP contribution >= 0.6 is 0 Å². The van der Waals surface area contributed by atoms with Crippen molar-refractivity contribution in [3.05, 3.63) is 82.8 Å². The molecule has 0 aliphatic heterocycles. The highest BCUT2D eigenvalue weighted by Gasteiger charge is 2.15. The summed E-state index contributed by atoms with van der Waals surface area (Å²) in [5.74, 6) is -1.49. The summed E-state index contributed by atoms with van der Waals surface area (Å²) in [6.45, 7) is 1.62. The van der Waals surface area contributed by atoms with Crippen LogP contribution in [0.5, 0.6) is 0 Å². The number of amides is 1. The van der Waals surface area contributed by atoms with Gasteiger partial charge in [0, 0.05) is 6.54 Å². The zero-order valence-electron chi connectivity index (χ0n) is 17.0. The highest BCUT2D eigenvalue weighted by molar-refractivity contribution is 5.87. The summed E-state index contributed by atoms with van der Waals surface area (Å²) >= 11 is 0. The molecule has 31 heavy (non-hydrogen) atoms. The topological polar surface area (TPSA) is 90.5 Å². The Morgan fingerprint density at radius 1 is 1.03 bits per heavy atom. The Bertz CT molecular complexity index is 1300. The lowest BCUT2D eigenvalue weighted by atomic mass is 10.00. The van der Waals surface area contributed by atoms with Crippen LogP contribution in [0, 0.1) is 0 Å². The van der Waals surface area contributed by atoms with Crippen molar-refractivity contribution in [2.75, 3.05) is 6.61 Å². The summed E-state index contributed by atoms with van der Waals surface area (Å²) in [6.07, 6.45) is -0.0460. The van der Waals surface area contributed by atoms with Crippen LogP contribution in [-0.4, -0.2) is 23.1 Å². The van der Waals surface area contributed by atoms with E-state index in [-0.39, 0.29) is 31.5 Å². The average Bonchev–Trinajstić information content (AvgIpc) is 3.10. The third-order valence-electron chi connectivity index (χ3n) is 5.14. The number of benzene rings is 3. The predicted molar refractivity (Wildman–Crippen MR) is 117 cm³/mol. The summed E-state index contributed by atoms with van der Waals surface area (Å²) in [5, 5.41) is 5.02. The Morgan fingerprint density at radius 2 is 1.77 bits per heavy atom. The summed E-state index contributed by atoms with van der Waals surface area (Å²) in [4.78, 5) is 36.3. The standard InChI is InChI=1S/C24H22N2O5/c1-16(18-10-6-8-17-7-2-3-9-19(17)18)25-22(27)15-30-23(28)13-14-26-20-11-4-5-12-21(20)31-24(26)29/h2-12,16H,13-15H2,1H3,(H,25,27). The van der Waals surface area contributed by atoms with Crippen molar-refractivity contribution in [3.63, 3.8) is 0 Å². The first kappa shape index (κ1) is 20.4. The fourth-order valence-corrected chi connectivity index (χ4v) is 3.64. The van der Waals surface area contributed by atoms with Crippen LogP contribution in [0.2, 0.25) is 0 Å². The molecule has 1 aromatic heterocycles. The largest absolute Gasteiger partial charge is 0.456 e. The fraction of sp³-hybridized carbons (Fsp3) is 0.208. The number of oxazole rings is 1. The monoisotopic (exact) mass is 418 g/mol. The molecule has 0 saturated carbocycles. The maximum absolute atomic E-state index is 12.3. The van der Waals surface area contributed by atoms with Crippen molar-refractivity contribution in [1.82, 2.24) is 9.88 Å². The van der Waals surface area contributed by atoms with Gasteiger partial charge in [-0.05, 0) is 35.4 Å². The summed E-state index contributed by atoms with van der Waals surface area (Å²) in [6, 6.07) is 20.6. The molecule has 4 aromatic rings. The number of ether oxygens (including phenoxy) is 1. The number of hydrogen-bond acceptors (Lipinski definition) is 5. The predicted octanol–water partition coefficient (Wildman–Crippen LogP) is 3.56. The molecule has 0 radical (unpaired) electrons. The van der Waals surface area contributed by atoms with Crippen molar-refractivity contribution in [3.8, 4) is 0 Å². The molecule has 0 spiro atoms. The van der Waals surface area contributed by atoms with E-state index in [4.69, 9.17) is 9.15 Å². The number of esters is 1. The normalized spacial score (nSPS) is 12.0. The highest BCUT2D eigenvalue weighted by atomic mass is 16.5. The van der Waals surface area contributed by atoms with E-state index >= 15 is 0 Å². The summed E-state index contributed by atoms with van der Waals surface area (Å²) in [7, 11) is 0. The minimum atomic E-state index is -0.565. The molecule has 1 N–H and O–H groups in total. The Morgan fingerprint density at radius 3 is 2.65 bits per heavy atom. The molecule has 7 nitrogen and oxygen atoms in total. The number of carbonyl (C=O) groups is 2. The fourth-order valence-electron chi connectivity index (χ4n) is 3.64. The molecule has 4 rings (SSSR count). The number of nitrogens with one attached hydrogen (secondary N) is 1. The van der Waals surface area contributed by atoms with Gasteiger partial charge in [0.1, 0.15) is 0 Å². The lowest BCUT2D eigenvalue weighted by Gasteiger charge is -2.16. The first-order valence-electron chi connectivity index (χ1n) is 10.0. The van der Waals surface area contributed by atoms with Gasteiger partial charge >= 0.3 is 11.7 Å². The van der Waals surface area contributed by atoms with Crippen LogP contribution < -0.4 is 11.1 Å². The molecular weight excluding hydrogens is 396 g/mol. The van der Waals surface area contributed by atoms with Gasteiger partial charge in [-0.1, -0.05) is 54.6 Å². The van der Waals surface area contributed by atoms with Gasteiger partial charge in [-0.3, -0.25) is 14.2 Å². The van der Waals surface area contributed by atoms with Gasteiger partial charge in [0.15, 0.2) is 12.2 Å². The lowest BCUT2D eigenvalue weighted by Crippen LogP contribution is -2.31. The van der Waals surface area contributed by atoms with E-state index in [1.54, 1.807) is 24.3 Å². The number of rotatable bonds is 7. The molecule has 1 amide bonds. The van der Waals surface area contributed by atoms with Crippen LogP contribution in [0.1, 0.15) is 24.9 Å². The van der Waals surface area contributed by atoms with Crippen LogP contribution in [0.25, 0.3) is 21.9 Å².